The molecule has 1 aromatic heterocycles. The molecule has 1 aliphatic heterocycles. The fraction of sp³-hybridized carbons (Fsp3) is 0.800. The predicted octanol–water partition coefficient (Wildman–Crippen LogP) is 3.86. The summed E-state index contributed by atoms with van der Waals surface area (Å²) in [5.41, 5.74) is 2.44. The van der Waals surface area contributed by atoms with Crippen molar-refractivity contribution in [3.63, 3.8) is 0 Å². The van der Waals surface area contributed by atoms with Crippen molar-refractivity contribution in [1.29, 1.82) is 0 Å². The Morgan fingerprint density at radius 1 is 1.39 bits per heavy atom. The van der Waals surface area contributed by atoms with Gasteiger partial charge < -0.3 is 15.0 Å². The Morgan fingerprint density at radius 3 is 2.64 bits per heavy atom. The van der Waals surface area contributed by atoms with Crippen LogP contribution in [0.4, 0.5) is 0 Å². The molecule has 0 spiro atoms. The van der Waals surface area contributed by atoms with E-state index >= 15 is 0 Å². The van der Waals surface area contributed by atoms with Crippen molar-refractivity contribution in [3.05, 3.63) is 17.5 Å². The molecule has 0 radical (unpaired) electrons. The van der Waals surface area contributed by atoms with Crippen LogP contribution in [0, 0.1) is 0 Å². The lowest BCUT2D eigenvalue weighted by molar-refractivity contribution is 0.0793. The molecule has 0 unspecified atom stereocenters. The maximum absolute atomic E-state index is 5.59. The number of nitrogens with one attached hydrogen (secondary N) is 1. The highest BCUT2D eigenvalue weighted by molar-refractivity contribution is 14.0. The quantitative estimate of drug-likeness (QED) is 0.319. The zero-order chi connectivity index (χ0) is 19.9. The number of hydrogen-bond donors (Lipinski definition) is 1. The van der Waals surface area contributed by atoms with Crippen LogP contribution in [0.15, 0.2) is 11.2 Å². The van der Waals surface area contributed by atoms with Gasteiger partial charge >= 0.3 is 0 Å². The first-order valence-corrected chi connectivity index (χ1v) is 11.1. The van der Waals surface area contributed by atoms with Crippen LogP contribution < -0.4 is 5.32 Å². The Labute approximate surface area is 192 Å². The zero-order valence-electron chi connectivity index (χ0n) is 18.3. The van der Waals surface area contributed by atoms with Crippen molar-refractivity contribution < 1.29 is 4.74 Å². The van der Waals surface area contributed by atoms with Gasteiger partial charge in [0.05, 0.1) is 12.2 Å². The molecule has 6 nitrogen and oxygen atoms in total. The lowest BCUT2D eigenvalue weighted by Gasteiger charge is -2.35. The largest absolute Gasteiger partial charge is 0.381 e. The molecule has 1 aromatic rings. The molecule has 1 aliphatic rings. The number of aromatic nitrogens is 2. The van der Waals surface area contributed by atoms with Crippen LogP contribution in [0.3, 0.4) is 0 Å². The number of nitrogens with zero attached hydrogens (tertiary/aromatic N) is 4. The van der Waals surface area contributed by atoms with E-state index in [9.17, 15) is 0 Å². The van der Waals surface area contributed by atoms with E-state index in [2.05, 4.69) is 56.3 Å². The van der Waals surface area contributed by atoms with Crippen LogP contribution in [-0.2, 0) is 18.3 Å². The molecule has 0 bridgehead atoms. The number of hydrogen-bond acceptors (Lipinski definition) is 4. The predicted molar refractivity (Wildman–Crippen MR) is 131 cm³/mol. The van der Waals surface area contributed by atoms with E-state index in [0.29, 0.717) is 5.92 Å². The van der Waals surface area contributed by atoms with Gasteiger partial charge in [-0.25, -0.2) is 0 Å². The monoisotopic (exact) mass is 523 g/mol. The summed E-state index contributed by atoms with van der Waals surface area (Å²) in [7, 11) is 4.10. The van der Waals surface area contributed by atoms with Crippen molar-refractivity contribution in [2.45, 2.75) is 57.7 Å². The normalized spacial score (nSPS) is 16.8. The van der Waals surface area contributed by atoms with Gasteiger partial charge in [0.25, 0.3) is 0 Å². The number of ether oxygens (including phenoxy) is 1. The van der Waals surface area contributed by atoms with E-state index in [4.69, 9.17) is 9.73 Å². The SMILES string of the molecule is CCNC(=NCC1(SCC)CCOCC1)N(C)Cc1cn(C)nc1C(C)C.I. The summed E-state index contributed by atoms with van der Waals surface area (Å²) in [5.74, 6) is 2.51. The lowest BCUT2D eigenvalue weighted by Crippen LogP contribution is -2.41. The van der Waals surface area contributed by atoms with Crippen LogP contribution in [-0.4, -0.2) is 64.5 Å². The number of thioether (sulfide) groups is 1. The Bertz CT molecular complexity index is 608. The second kappa shape index (κ2) is 12.3. The van der Waals surface area contributed by atoms with Gasteiger partial charge in [-0.05, 0) is 31.4 Å². The highest BCUT2D eigenvalue weighted by Crippen LogP contribution is 2.35. The van der Waals surface area contributed by atoms with Crippen molar-refractivity contribution >= 4 is 41.7 Å². The first kappa shape index (κ1) is 25.6. The van der Waals surface area contributed by atoms with E-state index in [1.165, 1.54) is 11.3 Å². The first-order chi connectivity index (χ1) is 12.9. The number of aryl methyl sites for hydroxylation is 1. The third-order valence-corrected chi connectivity index (χ3v) is 6.40. The zero-order valence-corrected chi connectivity index (χ0v) is 21.5. The van der Waals surface area contributed by atoms with Gasteiger partial charge in [0.15, 0.2) is 5.96 Å². The summed E-state index contributed by atoms with van der Waals surface area (Å²) in [6.07, 6.45) is 4.29. The molecule has 1 N–H and O–H groups in total. The fourth-order valence-corrected chi connectivity index (χ4v) is 4.80. The topological polar surface area (TPSA) is 54.7 Å². The van der Waals surface area contributed by atoms with Crippen LogP contribution in [0.5, 0.6) is 0 Å². The second-order valence-corrected chi connectivity index (χ2v) is 9.35. The van der Waals surface area contributed by atoms with Crippen LogP contribution >= 0.6 is 35.7 Å². The van der Waals surface area contributed by atoms with E-state index in [1.807, 2.05) is 23.5 Å². The molecule has 0 aliphatic carbocycles. The number of rotatable bonds is 8. The van der Waals surface area contributed by atoms with Crippen molar-refractivity contribution in [3.8, 4) is 0 Å². The van der Waals surface area contributed by atoms with Crippen LogP contribution in [0.25, 0.3) is 0 Å². The molecule has 28 heavy (non-hydrogen) atoms. The second-order valence-electron chi connectivity index (χ2n) is 7.62. The van der Waals surface area contributed by atoms with E-state index in [0.717, 1.165) is 57.4 Å². The highest BCUT2D eigenvalue weighted by Gasteiger charge is 2.32. The van der Waals surface area contributed by atoms with Crippen molar-refractivity contribution in [2.75, 3.05) is 39.1 Å². The standard InChI is InChI=1S/C20H37N5OS.HI/c1-7-21-19(22-15-20(27-8-2)9-11-26-12-10-20)24(5)13-17-14-25(6)23-18(17)16(3)4;/h14,16H,7-13,15H2,1-6H3,(H,21,22);1H. The van der Waals surface area contributed by atoms with Gasteiger partial charge in [0.2, 0.25) is 0 Å². The van der Waals surface area contributed by atoms with E-state index in [1.54, 1.807) is 0 Å². The summed E-state index contributed by atoms with van der Waals surface area (Å²) in [4.78, 5) is 7.25. The fourth-order valence-electron chi connectivity index (χ4n) is 3.58. The molecule has 0 aromatic carbocycles. The van der Waals surface area contributed by atoms with Crippen molar-refractivity contribution in [2.24, 2.45) is 12.0 Å². The number of halogens is 1. The average Bonchev–Trinajstić information content (AvgIpc) is 3.00. The molecule has 2 rings (SSSR count). The van der Waals surface area contributed by atoms with Crippen LogP contribution in [0.1, 0.15) is 57.7 Å². The van der Waals surface area contributed by atoms with E-state index < -0.39 is 0 Å². The molecule has 0 saturated carbocycles. The smallest absolute Gasteiger partial charge is 0.194 e. The van der Waals surface area contributed by atoms with Gasteiger partial charge in [-0.15, -0.1) is 24.0 Å². The Morgan fingerprint density at radius 2 is 2.07 bits per heavy atom. The maximum atomic E-state index is 5.59. The molecule has 2 heterocycles. The Kier molecular flexibility index (Phi) is 11.2. The third kappa shape index (κ3) is 7.09. The minimum absolute atomic E-state index is 0. The molecule has 162 valence electrons. The van der Waals surface area contributed by atoms with Gasteiger partial charge in [0, 0.05) is 56.9 Å². The summed E-state index contributed by atoms with van der Waals surface area (Å²) in [5, 5.41) is 8.10. The number of aliphatic imine (C=N–C) groups is 1. The first-order valence-electron chi connectivity index (χ1n) is 10.1. The molecule has 1 saturated heterocycles. The highest BCUT2D eigenvalue weighted by atomic mass is 127. The number of guanidine groups is 1. The molecule has 8 heteroatoms. The Balaban J connectivity index is 0.00000392. The van der Waals surface area contributed by atoms with Gasteiger partial charge in [-0.3, -0.25) is 9.67 Å². The average molecular weight is 524 g/mol. The molecular formula is C20H38IN5OS. The van der Waals surface area contributed by atoms with Crippen LogP contribution in [0.2, 0.25) is 0 Å². The Hall–Kier alpha value is -0.480. The molecular weight excluding hydrogens is 485 g/mol. The van der Waals surface area contributed by atoms with Crippen molar-refractivity contribution in [1.82, 2.24) is 20.0 Å². The van der Waals surface area contributed by atoms with Gasteiger partial charge in [0.1, 0.15) is 0 Å². The van der Waals surface area contributed by atoms with Gasteiger partial charge in [-0.1, -0.05) is 20.8 Å². The van der Waals surface area contributed by atoms with Gasteiger partial charge in [-0.2, -0.15) is 16.9 Å². The summed E-state index contributed by atoms with van der Waals surface area (Å²) < 4.78 is 7.72. The minimum Gasteiger partial charge on any atom is -0.381 e. The maximum Gasteiger partial charge on any atom is 0.194 e. The van der Waals surface area contributed by atoms with E-state index in [-0.39, 0.29) is 28.7 Å². The lowest BCUT2D eigenvalue weighted by atomic mass is 9.99. The minimum atomic E-state index is 0. The summed E-state index contributed by atoms with van der Waals surface area (Å²) >= 11 is 2.04. The summed E-state index contributed by atoms with van der Waals surface area (Å²) in [6.45, 7) is 13.0. The molecule has 0 atom stereocenters. The molecule has 1 fully saturated rings. The summed E-state index contributed by atoms with van der Waals surface area (Å²) in [6, 6.07) is 0. The third-order valence-electron chi connectivity index (χ3n) is 4.96. The molecule has 0 amide bonds.